The Morgan fingerprint density at radius 1 is 0.776 bits per heavy atom. The first-order valence-corrected chi connectivity index (χ1v) is 20.4. The molecule has 3 fully saturated rings. The molecule has 5 aliphatic rings. The molecule has 3 saturated heterocycles. The lowest BCUT2D eigenvalue weighted by Crippen LogP contribution is -2.54. The molecule has 0 bridgehead atoms. The number of imide groups is 2. The Bertz CT molecular complexity index is 2300. The van der Waals surface area contributed by atoms with Gasteiger partial charge in [-0.25, -0.2) is 0 Å². The number of hydrogen-bond acceptors (Lipinski definition) is 8. The van der Waals surface area contributed by atoms with E-state index in [1.54, 1.807) is 24.3 Å². The third-order valence-corrected chi connectivity index (χ3v) is 13.0. The quantitative estimate of drug-likeness (QED) is 0.165. The van der Waals surface area contributed by atoms with Gasteiger partial charge in [-0.1, -0.05) is 61.5 Å². The van der Waals surface area contributed by atoms with E-state index < -0.39 is 29.7 Å². The predicted octanol–water partition coefficient (Wildman–Crippen LogP) is 6.00. The maximum absolute atomic E-state index is 13.6. The second kappa shape index (κ2) is 15.0. The van der Waals surface area contributed by atoms with E-state index in [1.807, 2.05) is 23.1 Å². The Hall–Kier alpha value is -6.07. The summed E-state index contributed by atoms with van der Waals surface area (Å²) in [5, 5.41) is 12.3. The Kier molecular flexibility index (Phi) is 9.71. The van der Waals surface area contributed by atoms with Crippen LogP contribution in [-0.2, 0) is 27.5 Å². The SMILES string of the molecule is CCC(=C(c1ccc(O)cc1)c1ccc(N2CCC3(CCN(C(=O)CN4Cc5cc6c(cc5C4)C(=O)N(C4CCC(=O)NC4=O)C6=O)CC3)C2)cc1)c1ccccc1. The largest absolute Gasteiger partial charge is 0.508 e. The van der Waals surface area contributed by atoms with E-state index in [2.05, 4.69) is 70.6 Å². The van der Waals surface area contributed by atoms with Gasteiger partial charge in [-0.3, -0.25) is 39.1 Å². The average molecular weight is 778 g/mol. The molecule has 0 radical (unpaired) electrons. The Morgan fingerprint density at radius 2 is 1.38 bits per heavy atom. The van der Waals surface area contributed by atoms with E-state index in [9.17, 15) is 29.1 Å². The summed E-state index contributed by atoms with van der Waals surface area (Å²) in [5.41, 5.74) is 9.54. The van der Waals surface area contributed by atoms with Gasteiger partial charge in [-0.2, -0.15) is 0 Å². The first kappa shape index (κ1) is 37.5. The molecule has 58 heavy (non-hydrogen) atoms. The first-order valence-electron chi connectivity index (χ1n) is 20.4. The maximum Gasteiger partial charge on any atom is 0.262 e. The van der Waals surface area contributed by atoms with Crippen LogP contribution in [0.1, 0.15) is 94.0 Å². The second-order valence-electron chi connectivity index (χ2n) is 16.5. The van der Waals surface area contributed by atoms with Gasteiger partial charge >= 0.3 is 0 Å². The zero-order chi connectivity index (χ0) is 40.1. The van der Waals surface area contributed by atoms with Crippen LogP contribution in [0.5, 0.6) is 5.75 Å². The zero-order valence-corrected chi connectivity index (χ0v) is 32.7. The second-order valence-corrected chi connectivity index (χ2v) is 16.5. The highest BCUT2D eigenvalue weighted by molar-refractivity contribution is 6.23. The number of amides is 5. The number of fused-ring (bicyclic) bond motifs is 2. The van der Waals surface area contributed by atoms with Gasteiger partial charge in [0.1, 0.15) is 11.8 Å². The molecule has 1 spiro atoms. The topological polar surface area (TPSA) is 131 Å². The molecule has 2 N–H and O–H groups in total. The zero-order valence-electron chi connectivity index (χ0n) is 32.7. The summed E-state index contributed by atoms with van der Waals surface area (Å²) in [6.45, 7) is 6.83. The van der Waals surface area contributed by atoms with E-state index in [1.165, 1.54) is 22.4 Å². The van der Waals surface area contributed by atoms with E-state index in [0.29, 0.717) is 13.1 Å². The Morgan fingerprint density at radius 3 is 1.98 bits per heavy atom. The predicted molar refractivity (Wildman–Crippen MR) is 220 cm³/mol. The summed E-state index contributed by atoms with van der Waals surface area (Å²) in [5.74, 6) is -1.72. The number of carbonyl (C=O) groups is 5. The van der Waals surface area contributed by atoms with Crippen LogP contribution in [0.25, 0.3) is 11.1 Å². The number of nitrogens with one attached hydrogen (secondary N) is 1. The molecule has 4 aromatic rings. The van der Waals surface area contributed by atoms with Crippen molar-refractivity contribution in [1.82, 2.24) is 20.0 Å². The van der Waals surface area contributed by atoms with Crippen LogP contribution in [0, 0.1) is 5.41 Å². The van der Waals surface area contributed by atoms with Crippen LogP contribution in [0.4, 0.5) is 5.69 Å². The number of allylic oxidation sites excluding steroid dienone is 1. The average Bonchev–Trinajstić information content (AvgIpc) is 3.90. The van der Waals surface area contributed by atoms with E-state index >= 15 is 0 Å². The number of piperidine rings is 2. The normalized spacial score (nSPS) is 20.7. The maximum atomic E-state index is 13.6. The minimum atomic E-state index is -0.995. The molecule has 296 valence electrons. The number of anilines is 1. The number of phenolic OH excluding ortho intramolecular Hbond substituents is 1. The summed E-state index contributed by atoms with van der Waals surface area (Å²) in [6, 6.07) is 29.3. The van der Waals surface area contributed by atoms with Crippen LogP contribution in [0.15, 0.2) is 91.0 Å². The fourth-order valence-electron chi connectivity index (χ4n) is 9.78. The Labute approximate surface area is 337 Å². The smallest absolute Gasteiger partial charge is 0.262 e. The molecule has 11 heteroatoms. The molecule has 5 heterocycles. The molecule has 5 aliphatic heterocycles. The minimum absolute atomic E-state index is 0.0770. The summed E-state index contributed by atoms with van der Waals surface area (Å²) in [7, 11) is 0. The van der Waals surface area contributed by atoms with Gasteiger partial charge in [0.15, 0.2) is 0 Å². The van der Waals surface area contributed by atoms with Crippen molar-refractivity contribution >= 4 is 46.4 Å². The molecule has 0 aromatic heterocycles. The fraction of sp³-hybridized carbons (Fsp3) is 0.340. The molecule has 0 aliphatic carbocycles. The molecule has 1 unspecified atom stereocenters. The van der Waals surface area contributed by atoms with Gasteiger partial charge in [0, 0.05) is 51.4 Å². The molecule has 0 saturated carbocycles. The monoisotopic (exact) mass is 777 g/mol. The number of hydrogen-bond donors (Lipinski definition) is 2. The highest BCUT2D eigenvalue weighted by Crippen LogP contribution is 2.43. The van der Waals surface area contributed by atoms with Crippen molar-refractivity contribution in [3.05, 3.63) is 130 Å². The van der Waals surface area contributed by atoms with Crippen LogP contribution in [0.3, 0.4) is 0 Å². The van der Waals surface area contributed by atoms with E-state index in [-0.39, 0.29) is 47.6 Å². The number of phenols is 1. The number of aromatic hydroxyl groups is 1. The summed E-state index contributed by atoms with van der Waals surface area (Å²) < 4.78 is 0. The van der Waals surface area contributed by atoms with Gasteiger partial charge in [0.25, 0.3) is 11.8 Å². The van der Waals surface area contributed by atoms with Crippen molar-refractivity contribution < 1.29 is 29.1 Å². The van der Waals surface area contributed by atoms with Crippen LogP contribution >= 0.6 is 0 Å². The molecule has 4 aromatic carbocycles. The van der Waals surface area contributed by atoms with Gasteiger partial charge in [-0.05, 0) is 113 Å². The molecule has 9 rings (SSSR count). The highest BCUT2D eigenvalue weighted by Gasteiger charge is 2.46. The minimum Gasteiger partial charge on any atom is -0.508 e. The van der Waals surface area contributed by atoms with Crippen molar-refractivity contribution in [3.63, 3.8) is 0 Å². The van der Waals surface area contributed by atoms with Gasteiger partial charge < -0.3 is 14.9 Å². The van der Waals surface area contributed by atoms with Gasteiger partial charge in [0.2, 0.25) is 17.7 Å². The third-order valence-electron chi connectivity index (χ3n) is 13.0. The number of benzene rings is 4. The standard InChI is InChI=1S/C47H47N5O6/c1-2-37(30-6-4-3-5-7-30)43(32-10-14-36(53)15-11-32)31-8-12-35(13-9-31)51-23-20-47(29-51)18-21-50(22-19-47)42(55)28-49-26-33-24-38-39(25-34(33)27-49)46(58)52(45(38)57)40-16-17-41(54)48-44(40)56/h3-15,24-25,40,53H,2,16-23,26-29H2,1H3,(H,48,54,56). The van der Waals surface area contributed by atoms with Crippen molar-refractivity contribution in [2.24, 2.45) is 5.41 Å². The lowest BCUT2D eigenvalue weighted by Gasteiger charge is -2.40. The van der Waals surface area contributed by atoms with E-state index in [0.717, 1.165) is 79.0 Å². The number of rotatable bonds is 8. The van der Waals surface area contributed by atoms with Gasteiger partial charge in [0.05, 0.1) is 17.7 Å². The van der Waals surface area contributed by atoms with Crippen molar-refractivity contribution in [3.8, 4) is 5.75 Å². The molecule has 5 amide bonds. The van der Waals surface area contributed by atoms with Crippen molar-refractivity contribution in [2.75, 3.05) is 37.6 Å². The number of likely N-dealkylation sites (tertiary alicyclic amines) is 1. The van der Waals surface area contributed by atoms with Crippen LogP contribution < -0.4 is 10.2 Å². The molecular formula is C47H47N5O6. The fourth-order valence-corrected chi connectivity index (χ4v) is 9.78. The first-order chi connectivity index (χ1) is 28.1. The molecule has 11 nitrogen and oxygen atoms in total. The van der Waals surface area contributed by atoms with Crippen molar-refractivity contribution in [2.45, 2.75) is 64.6 Å². The third kappa shape index (κ3) is 6.87. The molecular weight excluding hydrogens is 731 g/mol. The lowest BCUT2D eigenvalue weighted by atomic mass is 9.77. The van der Waals surface area contributed by atoms with E-state index in [4.69, 9.17) is 0 Å². The summed E-state index contributed by atoms with van der Waals surface area (Å²) in [4.78, 5) is 71.9. The summed E-state index contributed by atoms with van der Waals surface area (Å²) >= 11 is 0. The highest BCUT2D eigenvalue weighted by atomic mass is 16.3. The number of nitrogens with zero attached hydrogens (tertiary/aromatic N) is 4. The lowest BCUT2D eigenvalue weighted by molar-refractivity contribution is -0.136. The van der Waals surface area contributed by atoms with Crippen LogP contribution in [0.2, 0.25) is 0 Å². The molecule has 1 atom stereocenters. The van der Waals surface area contributed by atoms with Crippen molar-refractivity contribution in [1.29, 1.82) is 0 Å². The Balaban J connectivity index is 0.813. The summed E-state index contributed by atoms with van der Waals surface area (Å²) in [6.07, 6.45) is 4.06. The van der Waals surface area contributed by atoms with Gasteiger partial charge in [-0.15, -0.1) is 0 Å². The number of carbonyl (C=O) groups excluding carboxylic acids is 5. The van der Waals surface area contributed by atoms with Crippen LogP contribution in [-0.4, -0.2) is 88.1 Å².